The van der Waals surface area contributed by atoms with Crippen LogP contribution in [0.3, 0.4) is 0 Å². The largest absolute Gasteiger partial charge is 0.496 e. The summed E-state index contributed by atoms with van der Waals surface area (Å²) < 4.78 is 18.8. The highest BCUT2D eigenvalue weighted by molar-refractivity contribution is 5.98. The molecule has 3 heterocycles. The number of para-hydroxylation sites is 1. The Kier molecular flexibility index (Phi) is 6.59. The van der Waals surface area contributed by atoms with E-state index in [0.717, 1.165) is 22.8 Å². The smallest absolute Gasteiger partial charge is 0.257 e. The lowest BCUT2D eigenvalue weighted by Crippen LogP contribution is -2.37. The molecule has 5 rings (SSSR count). The highest BCUT2D eigenvalue weighted by Gasteiger charge is 2.27. The Morgan fingerprint density at radius 1 is 0.806 bits per heavy atom. The van der Waals surface area contributed by atoms with E-state index < -0.39 is 0 Å². The minimum absolute atomic E-state index is 0.0153. The Labute approximate surface area is 211 Å². The van der Waals surface area contributed by atoms with Gasteiger partial charge in [0, 0.05) is 49.3 Å². The summed E-state index contributed by atoms with van der Waals surface area (Å²) in [4.78, 5) is 30.4. The molecular weight excluding hydrogens is 458 g/mol. The number of fused-ring (bicyclic) bond motifs is 1. The van der Waals surface area contributed by atoms with Crippen molar-refractivity contribution in [3.63, 3.8) is 0 Å². The number of rotatable bonds is 4. The molecule has 0 radical (unpaired) electrons. The van der Waals surface area contributed by atoms with Gasteiger partial charge >= 0.3 is 0 Å². The van der Waals surface area contributed by atoms with E-state index in [0.29, 0.717) is 68.4 Å². The van der Waals surface area contributed by atoms with Crippen molar-refractivity contribution in [2.45, 2.75) is 20.3 Å². The summed E-state index contributed by atoms with van der Waals surface area (Å²) in [6.45, 7) is 7.18. The average molecular weight is 490 g/mol. The summed E-state index contributed by atoms with van der Waals surface area (Å²) >= 11 is 0. The number of carbonyl (C=O) groups excluding carboxylic acids is 2. The second kappa shape index (κ2) is 9.97. The van der Waals surface area contributed by atoms with Gasteiger partial charge in [-0.15, -0.1) is 0 Å². The van der Waals surface area contributed by atoms with Gasteiger partial charge in [-0.1, -0.05) is 12.1 Å². The molecule has 188 valence electrons. The van der Waals surface area contributed by atoms with E-state index in [9.17, 15) is 9.59 Å². The third-order valence-electron chi connectivity index (χ3n) is 6.85. The highest BCUT2D eigenvalue weighted by Crippen LogP contribution is 2.33. The third-order valence-corrected chi connectivity index (χ3v) is 6.85. The van der Waals surface area contributed by atoms with Gasteiger partial charge in [0.2, 0.25) is 0 Å². The van der Waals surface area contributed by atoms with Gasteiger partial charge in [-0.05, 0) is 50.6 Å². The van der Waals surface area contributed by atoms with Crippen molar-refractivity contribution < 1.29 is 23.8 Å². The minimum Gasteiger partial charge on any atom is -0.496 e. The van der Waals surface area contributed by atoms with E-state index >= 15 is 0 Å². The quantitative estimate of drug-likeness (QED) is 0.557. The number of ether oxygens (including phenoxy) is 3. The molecule has 1 aromatic heterocycles. The first kappa shape index (κ1) is 23.8. The molecule has 1 fully saturated rings. The lowest BCUT2D eigenvalue weighted by Gasteiger charge is -2.23. The number of aromatic nitrogens is 1. The van der Waals surface area contributed by atoms with Crippen molar-refractivity contribution in [1.82, 2.24) is 14.4 Å². The van der Waals surface area contributed by atoms with Gasteiger partial charge in [0.25, 0.3) is 11.8 Å². The SMILES string of the molecule is COc1ccccc1C(=O)N1CCCN(C(=O)c2cc(C)n(-c3ccc4c(c3)OCCO4)c2C)CC1. The van der Waals surface area contributed by atoms with Crippen molar-refractivity contribution in [2.24, 2.45) is 0 Å². The molecule has 0 bridgehead atoms. The topological polar surface area (TPSA) is 73.2 Å². The van der Waals surface area contributed by atoms with Crippen LogP contribution in [0, 0.1) is 13.8 Å². The summed E-state index contributed by atoms with van der Waals surface area (Å²) in [5.41, 5.74) is 3.99. The lowest BCUT2D eigenvalue weighted by atomic mass is 10.1. The number of hydrogen-bond acceptors (Lipinski definition) is 5. The van der Waals surface area contributed by atoms with Crippen LogP contribution < -0.4 is 14.2 Å². The number of aryl methyl sites for hydroxylation is 1. The van der Waals surface area contributed by atoms with Gasteiger partial charge in [-0.2, -0.15) is 0 Å². The van der Waals surface area contributed by atoms with Gasteiger partial charge < -0.3 is 28.6 Å². The predicted molar refractivity (Wildman–Crippen MR) is 136 cm³/mol. The summed E-state index contributed by atoms with van der Waals surface area (Å²) in [5, 5.41) is 0. The van der Waals surface area contributed by atoms with E-state index in [4.69, 9.17) is 14.2 Å². The van der Waals surface area contributed by atoms with Gasteiger partial charge in [0.15, 0.2) is 11.5 Å². The molecule has 2 aliphatic heterocycles. The van der Waals surface area contributed by atoms with Crippen LogP contribution in [0.2, 0.25) is 0 Å². The number of nitrogens with zero attached hydrogens (tertiary/aromatic N) is 3. The van der Waals surface area contributed by atoms with E-state index in [2.05, 4.69) is 4.57 Å². The number of hydrogen-bond donors (Lipinski definition) is 0. The van der Waals surface area contributed by atoms with E-state index in [1.807, 2.05) is 60.0 Å². The third kappa shape index (κ3) is 4.39. The van der Waals surface area contributed by atoms with Crippen LogP contribution >= 0.6 is 0 Å². The van der Waals surface area contributed by atoms with Crippen molar-refractivity contribution >= 4 is 11.8 Å². The second-order valence-electron chi connectivity index (χ2n) is 9.09. The molecule has 0 spiro atoms. The first-order chi connectivity index (χ1) is 17.5. The lowest BCUT2D eigenvalue weighted by molar-refractivity contribution is 0.0716. The van der Waals surface area contributed by atoms with E-state index in [-0.39, 0.29) is 11.8 Å². The van der Waals surface area contributed by atoms with Crippen LogP contribution in [0.5, 0.6) is 17.2 Å². The molecule has 2 amide bonds. The Morgan fingerprint density at radius 2 is 1.47 bits per heavy atom. The minimum atomic E-state index is -0.0708. The molecule has 0 aliphatic carbocycles. The number of carbonyl (C=O) groups is 2. The first-order valence-corrected chi connectivity index (χ1v) is 12.3. The fourth-order valence-electron chi connectivity index (χ4n) is 5.03. The van der Waals surface area contributed by atoms with Crippen molar-refractivity contribution in [1.29, 1.82) is 0 Å². The van der Waals surface area contributed by atoms with Crippen LogP contribution in [-0.4, -0.2) is 72.7 Å². The summed E-state index contributed by atoms with van der Waals surface area (Å²) in [6.07, 6.45) is 0.716. The molecule has 1 saturated heterocycles. The summed E-state index contributed by atoms with van der Waals surface area (Å²) in [6, 6.07) is 15.0. The Balaban J connectivity index is 1.33. The predicted octanol–water partition coefficient (Wildman–Crippen LogP) is 3.86. The normalized spacial score (nSPS) is 15.4. The Hall–Kier alpha value is -3.94. The maximum absolute atomic E-state index is 13.6. The zero-order chi connectivity index (χ0) is 25.2. The van der Waals surface area contributed by atoms with Crippen molar-refractivity contribution in [3.8, 4) is 22.9 Å². The molecule has 36 heavy (non-hydrogen) atoms. The van der Waals surface area contributed by atoms with Crippen LogP contribution in [-0.2, 0) is 0 Å². The molecule has 3 aromatic rings. The Morgan fingerprint density at radius 3 is 2.19 bits per heavy atom. The van der Waals surface area contributed by atoms with Gasteiger partial charge in [-0.25, -0.2) is 0 Å². The molecule has 0 unspecified atom stereocenters. The molecule has 2 aliphatic rings. The van der Waals surface area contributed by atoms with Gasteiger partial charge in [0.05, 0.1) is 18.2 Å². The molecule has 0 atom stereocenters. The molecule has 0 saturated carbocycles. The fourth-order valence-corrected chi connectivity index (χ4v) is 5.03. The fraction of sp³-hybridized carbons (Fsp3) is 0.357. The van der Waals surface area contributed by atoms with Crippen molar-refractivity contribution in [2.75, 3.05) is 46.5 Å². The molecule has 8 nitrogen and oxygen atoms in total. The highest BCUT2D eigenvalue weighted by atomic mass is 16.6. The van der Waals surface area contributed by atoms with Crippen LogP contribution in [0.1, 0.15) is 38.5 Å². The number of methoxy groups -OCH3 is 1. The zero-order valence-corrected chi connectivity index (χ0v) is 21.0. The van der Waals surface area contributed by atoms with E-state index in [1.165, 1.54) is 0 Å². The maximum atomic E-state index is 13.6. The van der Waals surface area contributed by atoms with Crippen molar-refractivity contribution in [3.05, 3.63) is 71.0 Å². The monoisotopic (exact) mass is 489 g/mol. The van der Waals surface area contributed by atoms with Crippen LogP contribution in [0.25, 0.3) is 5.69 Å². The standard InChI is InChI=1S/C28H31N3O5/c1-19-17-23(20(2)31(19)21-9-10-25-26(18-21)36-16-15-35-25)28(33)30-12-6-11-29(13-14-30)27(32)22-7-4-5-8-24(22)34-3/h4-5,7-10,17-18H,6,11-16H2,1-3H3. The van der Waals surface area contributed by atoms with Crippen LogP contribution in [0.15, 0.2) is 48.5 Å². The average Bonchev–Trinajstić information content (AvgIpc) is 3.06. The molecule has 8 heteroatoms. The number of amides is 2. The first-order valence-electron chi connectivity index (χ1n) is 12.3. The molecule has 2 aromatic carbocycles. The second-order valence-corrected chi connectivity index (χ2v) is 9.09. The van der Waals surface area contributed by atoms with E-state index in [1.54, 1.807) is 19.2 Å². The van der Waals surface area contributed by atoms with Crippen LogP contribution in [0.4, 0.5) is 0 Å². The zero-order valence-electron chi connectivity index (χ0n) is 21.0. The molecular formula is C28H31N3O5. The Bertz CT molecular complexity index is 1300. The number of benzene rings is 2. The maximum Gasteiger partial charge on any atom is 0.257 e. The summed E-state index contributed by atoms with van der Waals surface area (Å²) in [7, 11) is 1.57. The molecule has 0 N–H and O–H groups in total. The van der Waals surface area contributed by atoms with Gasteiger partial charge in [-0.3, -0.25) is 9.59 Å². The van der Waals surface area contributed by atoms with Gasteiger partial charge in [0.1, 0.15) is 19.0 Å². The summed E-state index contributed by atoms with van der Waals surface area (Å²) in [5.74, 6) is 1.93.